The number of hydrogen-bond acceptors (Lipinski definition) is 4. The second-order valence-corrected chi connectivity index (χ2v) is 5.44. The molecular formula is C18H18N4O2. The number of nitrogens with zero attached hydrogens (tertiary/aromatic N) is 2. The zero-order valence-electron chi connectivity index (χ0n) is 13.1. The van der Waals surface area contributed by atoms with Gasteiger partial charge in [-0.3, -0.25) is 13.9 Å². The minimum atomic E-state index is -0.400. The molecule has 0 aliphatic carbocycles. The monoisotopic (exact) mass is 322 g/mol. The number of benzene rings is 2. The van der Waals surface area contributed by atoms with Crippen LogP contribution < -0.4 is 22.5 Å². The molecule has 0 aliphatic heterocycles. The highest BCUT2D eigenvalue weighted by Gasteiger charge is 2.11. The van der Waals surface area contributed by atoms with E-state index in [1.807, 2.05) is 60.7 Å². The van der Waals surface area contributed by atoms with Gasteiger partial charge in [0, 0.05) is 6.07 Å². The number of aromatic nitrogens is 2. The molecule has 0 radical (unpaired) electrons. The first-order valence-corrected chi connectivity index (χ1v) is 7.58. The molecule has 3 aromatic rings. The van der Waals surface area contributed by atoms with Gasteiger partial charge < -0.3 is 5.43 Å². The lowest BCUT2D eigenvalue weighted by atomic mass is 10.2. The molecule has 3 N–H and O–H groups in total. The van der Waals surface area contributed by atoms with E-state index >= 15 is 0 Å². The van der Waals surface area contributed by atoms with Crippen LogP contribution in [0.2, 0.25) is 0 Å². The Hall–Kier alpha value is -3.12. The van der Waals surface area contributed by atoms with Gasteiger partial charge in [0.1, 0.15) is 5.82 Å². The number of nitrogen functional groups attached to an aromatic ring is 1. The van der Waals surface area contributed by atoms with E-state index in [4.69, 9.17) is 5.84 Å². The molecule has 3 rings (SSSR count). The molecule has 0 unspecified atom stereocenters. The zero-order valence-corrected chi connectivity index (χ0v) is 13.1. The summed E-state index contributed by atoms with van der Waals surface area (Å²) in [6.45, 7) is 0.548. The lowest BCUT2D eigenvalue weighted by Gasteiger charge is -2.15. The van der Waals surface area contributed by atoms with Gasteiger partial charge in [0.05, 0.1) is 13.1 Å². The smallest absolute Gasteiger partial charge is 0.310 e. The van der Waals surface area contributed by atoms with Crippen molar-refractivity contribution in [1.82, 2.24) is 9.13 Å². The molecule has 0 bridgehead atoms. The van der Waals surface area contributed by atoms with E-state index < -0.39 is 5.69 Å². The summed E-state index contributed by atoms with van der Waals surface area (Å²) in [6, 6.07) is 20.3. The standard InChI is InChI=1S/C18H18N4O2/c19-20-16-11-17(23)22(13-15-9-5-2-6-10-15)18(24)21(16)12-14-7-3-1-4-8-14/h1-11,20H,12-13,19H2. The lowest BCUT2D eigenvalue weighted by Crippen LogP contribution is -2.41. The van der Waals surface area contributed by atoms with Crippen molar-refractivity contribution in [2.45, 2.75) is 13.1 Å². The second kappa shape index (κ2) is 6.97. The van der Waals surface area contributed by atoms with E-state index in [2.05, 4.69) is 5.43 Å². The van der Waals surface area contributed by atoms with E-state index in [0.29, 0.717) is 6.54 Å². The number of hydrazine groups is 1. The van der Waals surface area contributed by atoms with Crippen LogP contribution in [0.25, 0.3) is 0 Å². The SMILES string of the molecule is NNc1cc(=O)n(Cc2ccccc2)c(=O)n1Cc1ccccc1. The largest absolute Gasteiger partial charge is 0.333 e. The van der Waals surface area contributed by atoms with Crippen LogP contribution in [0.3, 0.4) is 0 Å². The Kier molecular flexibility index (Phi) is 4.58. The summed E-state index contributed by atoms with van der Waals surface area (Å²) in [5, 5.41) is 0. The van der Waals surface area contributed by atoms with Gasteiger partial charge in [0.2, 0.25) is 0 Å². The van der Waals surface area contributed by atoms with E-state index in [1.165, 1.54) is 15.2 Å². The van der Waals surface area contributed by atoms with Crippen molar-refractivity contribution in [1.29, 1.82) is 0 Å². The predicted molar refractivity (Wildman–Crippen MR) is 93.9 cm³/mol. The molecule has 0 spiro atoms. The summed E-state index contributed by atoms with van der Waals surface area (Å²) >= 11 is 0. The second-order valence-electron chi connectivity index (χ2n) is 5.44. The Morgan fingerprint density at radius 1 is 0.792 bits per heavy atom. The number of nitrogens with one attached hydrogen (secondary N) is 1. The maximum Gasteiger partial charge on any atom is 0.333 e. The van der Waals surface area contributed by atoms with Gasteiger partial charge in [-0.1, -0.05) is 60.7 Å². The Bertz CT molecular complexity index is 931. The van der Waals surface area contributed by atoms with Crippen LogP contribution in [0, 0.1) is 0 Å². The van der Waals surface area contributed by atoms with Crippen molar-refractivity contribution in [3.8, 4) is 0 Å². The predicted octanol–water partition coefficient (Wildman–Crippen LogP) is 1.39. The van der Waals surface area contributed by atoms with E-state index in [9.17, 15) is 9.59 Å². The fourth-order valence-corrected chi connectivity index (χ4v) is 2.57. The highest BCUT2D eigenvalue weighted by molar-refractivity contribution is 5.33. The molecule has 0 saturated heterocycles. The summed E-state index contributed by atoms with van der Waals surface area (Å²) in [6.07, 6.45) is 0. The van der Waals surface area contributed by atoms with Crippen molar-refractivity contribution < 1.29 is 0 Å². The average molecular weight is 322 g/mol. The Labute approximate surface area is 138 Å². The summed E-state index contributed by atoms with van der Waals surface area (Å²) in [4.78, 5) is 25.1. The zero-order chi connectivity index (χ0) is 16.9. The summed E-state index contributed by atoms with van der Waals surface area (Å²) < 4.78 is 2.67. The van der Waals surface area contributed by atoms with Gasteiger partial charge in [0.25, 0.3) is 5.56 Å². The number of hydrogen-bond donors (Lipinski definition) is 2. The molecule has 122 valence electrons. The molecule has 6 nitrogen and oxygen atoms in total. The number of rotatable bonds is 5. The normalized spacial score (nSPS) is 10.5. The molecule has 2 aromatic carbocycles. The molecule has 0 aliphatic rings. The molecular weight excluding hydrogens is 304 g/mol. The van der Waals surface area contributed by atoms with Gasteiger partial charge in [-0.15, -0.1) is 0 Å². The minimum Gasteiger partial charge on any atom is -0.310 e. The van der Waals surface area contributed by atoms with Crippen LogP contribution in [-0.4, -0.2) is 9.13 Å². The van der Waals surface area contributed by atoms with E-state index in [0.717, 1.165) is 11.1 Å². The first-order valence-electron chi connectivity index (χ1n) is 7.58. The topological polar surface area (TPSA) is 82.1 Å². The molecule has 0 amide bonds. The van der Waals surface area contributed by atoms with Crippen LogP contribution in [0.15, 0.2) is 76.3 Å². The highest BCUT2D eigenvalue weighted by Crippen LogP contribution is 2.06. The van der Waals surface area contributed by atoms with Crippen LogP contribution in [0.4, 0.5) is 5.82 Å². The summed E-state index contributed by atoms with van der Waals surface area (Å²) in [7, 11) is 0. The average Bonchev–Trinajstić information content (AvgIpc) is 2.62. The van der Waals surface area contributed by atoms with Crippen LogP contribution in [0.1, 0.15) is 11.1 Å². The van der Waals surface area contributed by atoms with E-state index in [-0.39, 0.29) is 17.9 Å². The van der Waals surface area contributed by atoms with Gasteiger partial charge in [-0.25, -0.2) is 10.6 Å². The lowest BCUT2D eigenvalue weighted by molar-refractivity contribution is 0.616. The third kappa shape index (κ3) is 3.28. The van der Waals surface area contributed by atoms with Crippen LogP contribution in [-0.2, 0) is 13.1 Å². The van der Waals surface area contributed by atoms with Crippen molar-refractivity contribution >= 4 is 5.82 Å². The van der Waals surface area contributed by atoms with Crippen molar-refractivity contribution in [3.05, 3.63) is 98.7 Å². The Morgan fingerprint density at radius 3 is 1.79 bits per heavy atom. The first-order chi connectivity index (χ1) is 11.7. The first kappa shape index (κ1) is 15.8. The van der Waals surface area contributed by atoms with Crippen molar-refractivity contribution in [2.75, 3.05) is 5.43 Å². The maximum atomic E-state index is 12.8. The third-order valence-electron chi connectivity index (χ3n) is 3.79. The van der Waals surface area contributed by atoms with Gasteiger partial charge in [0.15, 0.2) is 0 Å². The number of nitrogens with two attached hydrogens (primary N) is 1. The molecule has 6 heteroatoms. The van der Waals surface area contributed by atoms with Gasteiger partial charge in [-0.2, -0.15) is 0 Å². The van der Waals surface area contributed by atoms with Gasteiger partial charge >= 0.3 is 5.69 Å². The molecule has 0 saturated carbocycles. The highest BCUT2D eigenvalue weighted by atomic mass is 16.2. The molecule has 1 heterocycles. The van der Waals surface area contributed by atoms with Gasteiger partial charge in [-0.05, 0) is 11.1 Å². The molecule has 1 aromatic heterocycles. The van der Waals surface area contributed by atoms with Crippen molar-refractivity contribution in [3.63, 3.8) is 0 Å². The molecule has 0 atom stereocenters. The Morgan fingerprint density at radius 2 is 1.29 bits per heavy atom. The fraction of sp³-hybridized carbons (Fsp3) is 0.111. The Balaban J connectivity index is 2.06. The quantitative estimate of drug-likeness (QED) is 0.549. The fourth-order valence-electron chi connectivity index (χ4n) is 2.57. The number of anilines is 1. The van der Waals surface area contributed by atoms with E-state index in [1.54, 1.807) is 0 Å². The van der Waals surface area contributed by atoms with Crippen molar-refractivity contribution in [2.24, 2.45) is 5.84 Å². The summed E-state index contributed by atoms with van der Waals surface area (Å²) in [5.74, 6) is 5.78. The minimum absolute atomic E-state index is 0.220. The maximum absolute atomic E-state index is 12.8. The summed E-state index contributed by atoms with van der Waals surface area (Å²) in [5.41, 5.74) is 3.48. The molecule has 0 fully saturated rings. The van der Waals surface area contributed by atoms with Crippen LogP contribution in [0.5, 0.6) is 0 Å². The van der Waals surface area contributed by atoms with Crippen LogP contribution >= 0.6 is 0 Å². The third-order valence-corrected chi connectivity index (χ3v) is 3.79. The molecule has 24 heavy (non-hydrogen) atoms.